The van der Waals surface area contributed by atoms with Crippen molar-refractivity contribution in [3.8, 4) is 5.75 Å². The summed E-state index contributed by atoms with van der Waals surface area (Å²) < 4.78 is 14.8. The van der Waals surface area contributed by atoms with E-state index in [0.29, 0.717) is 11.6 Å². The molecule has 1 rings (SSSR count). The van der Waals surface area contributed by atoms with Gasteiger partial charge in [-0.25, -0.2) is 0 Å². The zero-order valence-electron chi connectivity index (χ0n) is 12.1. The highest BCUT2D eigenvalue weighted by atomic mass is 32.1. The number of methoxy groups -OCH3 is 1. The molecule has 0 saturated heterocycles. The molecule has 0 atom stereocenters. The smallest absolute Gasteiger partial charge is 0.197 e. The predicted molar refractivity (Wildman–Crippen MR) is 80.2 cm³/mol. The summed E-state index contributed by atoms with van der Waals surface area (Å²) in [5.74, 6) is 1.12. The fraction of sp³-hybridized carbons (Fsp3) is 0.750. The Bertz CT molecular complexity index is 371. The zero-order valence-corrected chi connectivity index (χ0v) is 12.9. The number of nitrogens with one attached hydrogen (secondary N) is 1. The first kappa shape index (κ1) is 16.0. The van der Waals surface area contributed by atoms with Gasteiger partial charge in [-0.1, -0.05) is 0 Å². The quantitative estimate of drug-likeness (QED) is 0.717. The van der Waals surface area contributed by atoms with Crippen LogP contribution in [0.5, 0.6) is 5.75 Å². The lowest BCUT2D eigenvalue weighted by atomic mass is 10.4. The van der Waals surface area contributed by atoms with Crippen molar-refractivity contribution in [2.24, 2.45) is 0 Å². The van der Waals surface area contributed by atoms with Crippen LogP contribution in [0.1, 0.15) is 13.8 Å². The average Bonchev–Trinajstić information content (AvgIpc) is 2.68. The third kappa shape index (κ3) is 5.63. The fourth-order valence-corrected chi connectivity index (χ4v) is 2.15. The van der Waals surface area contributed by atoms with Crippen molar-refractivity contribution in [1.82, 2.24) is 9.27 Å². The van der Waals surface area contributed by atoms with Crippen LogP contribution < -0.4 is 15.8 Å². The van der Waals surface area contributed by atoms with Crippen LogP contribution >= 0.6 is 11.5 Å². The highest BCUT2D eigenvalue weighted by Crippen LogP contribution is 2.35. The molecule has 0 unspecified atom stereocenters. The van der Waals surface area contributed by atoms with Gasteiger partial charge in [0.25, 0.3) is 0 Å². The Kier molecular flexibility index (Phi) is 6.90. The van der Waals surface area contributed by atoms with E-state index >= 15 is 0 Å². The van der Waals surface area contributed by atoms with E-state index in [-0.39, 0.29) is 6.10 Å². The third-order valence-corrected chi connectivity index (χ3v) is 3.28. The second-order valence-corrected chi connectivity index (χ2v) is 5.39. The van der Waals surface area contributed by atoms with Crippen LogP contribution in [0.4, 0.5) is 10.8 Å². The second kappa shape index (κ2) is 8.19. The van der Waals surface area contributed by atoms with Gasteiger partial charge in [0.05, 0.1) is 12.7 Å². The Hall–Kier alpha value is -1.05. The number of nitrogen functional groups attached to an aromatic ring is 1. The summed E-state index contributed by atoms with van der Waals surface area (Å²) in [6.45, 7) is 7.33. The van der Waals surface area contributed by atoms with Crippen molar-refractivity contribution in [3.05, 3.63) is 0 Å². The summed E-state index contributed by atoms with van der Waals surface area (Å²) in [6, 6.07) is 0. The van der Waals surface area contributed by atoms with Gasteiger partial charge in [0.2, 0.25) is 0 Å². The van der Waals surface area contributed by atoms with Crippen molar-refractivity contribution in [2.75, 3.05) is 51.4 Å². The maximum Gasteiger partial charge on any atom is 0.197 e. The monoisotopic (exact) mass is 288 g/mol. The van der Waals surface area contributed by atoms with Gasteiger partial charge in [-0.3, -0.25) is 0 Å². The van der Waals surface area contributed by atoms with Crippen LogP contribution in [-0.4, -0.2) is 55.8 Å². The molecule has 0 saturated carbocycles. The zero-order chi connectivity index (χ0) is 14.3. The van der Waals surface area contributed by atoms with Crippen molar-refractivity contribution < 1.29 is 9.47 Å². The van der Waals surface area contributed by atoms with Gasteiger partial charge in [0.1, 0.15) is 0 Å². The molecular weight excluding hydrogens is 264 g/mol. The van der Waals surface area contributed by atoms with E-state index in [9.17, 15) is 0 Å². The van der Waals surface area contributed by atoms with E-state index in [1.807, 2.05) is 13.8 Å². The Balaban J connectivity index is 2.40. The molecule has 1 aromatic heterocycles. The number of likely N-dealkylation sites (N-methyl/N-ethyl adjacent to an activating group) is 1. The Labute approximate surface area is 119 Å². The average molecular weight is 288 g/mol. The SMILES string of the molecule is COCCN(C)CCNc1snc(N)c1OC(C)C. The molecule has 0 aliphatic heterocycles. The van der Waals surface area contributed by atoms with Gasteiger partial charge < -0.3 is 25.4 Å². The van der Waals surface area contributed by atoms with E-state index in [1.165, 1.54) is 11.5 Å². The van der Waals surface area contributed by atoms with E-state index in [0.717, 1.165) is 31.2 Å². The number of ether oxygens (including phenoxy) is 2. The van der Waals surface area contributed by atoms with Crippen LogP contribution in [0.3, 0.4) is 0 Å². The molecule has 0 bridgehead atoms. The van der Waals surface area contributed by atoms with Gasteiger partial charge in [0.15, 0.2) is 16.6 Å². The third-order valence-electron chi connectivity index (χ3n) is 2.48. The Morgan fingerprint density at radius 2 is 2.16 bits per heavy atom. The Morgan fingerprint density at radius 1 is 1.42 bits per heavy atom. The first-order chi connectivity index (χ1) is 9.04. The van der Waals surface area contributed by atoms with Crippen LogP contribution in [0, 0.1) is 0 Å². The fourth-order valence-electron chi connectivity index (χ4n) is 1.48. The molecule has 0 aliphatic rings. The first-order valence-corrected chi connectivity index (χ1v) is 7.15. The number of nitrogens with two attached hydrogens (primary N) is 1. The number of nitrogens with zero attached hydrogens (tertiary/aromatic N) is 2. The molecule has 1 aromatic rings. The van der Waals surface area contributed by atoms with Gasteiger partial charge in [-0.05, 0) is 32.4 Å². The van der Waals surface area contributed by atoms with Crippen molar-refractivity contribution >= 4 is 22.4 Å². The molecule has 0 fully saturated rings. The standard InChI is InChI=1S/C12H24N4O2S/c1-9(2)18-10-11(13)15-19-12(10)14-5-6-16(3)7-8-17-4/h9,14H,5-8H2,1-4H3,(H2,13,15). The molecule has 0 aliphatic carbocycles. The van der Waals surface area contributed by atoms with Gasteiger partial charge >= 0.3 is 0 Å². The van der Waals surface area contributed by atoms with Crippen LogP contribution in [0.25, 0.3) is 0 Å². The molecule has 0 aromatic carbocycles. The lowest BCUT2D eigenvalue weighted by Crippen LogP contribution is -2.28. The minimum Gasteiger partial charge on any atom is -0.484 e. The van der Waals surface area contributed by atoms with E-state index in [2.05, 4.69) is 21.6 Å². The van der Waals surface area contributed by atoms with E-state index in [4.69, 9.17) is 15.2 Å². The number of aromatic nitrogens is 1. The minimum atomic E-state index is 0.0867. The normalized spacial score (nSPS) is 11.3. The maximum absolute atomic E-state index is 5.79. The minimum absolute atomic E-state index is 0.0867. The number of hydrogen-bond donors (Lipinski definition) is 2. The van der Waals surface area contributed by atoms with E-state index in [1.54, 1.807) is 7.11 Å². The van der Waals surface area contributed by atoms with Crippen molar-refractivity contribution in [2.45, 2.75) is 20.0 Å². The van der Waals surface area contributed by atoms with Gasteiger partial charge in [0, 0.05) is 26.7 Å². The summed E-state index contributed by atoms with van der Waals surface area (Å²) in [5.41, 5.74) is 5.79. The maximum atomic E-state index is 5.79. The summed E-state index contributed by atoms with van der Waals surface area (Å²) in [5, 5.41) is 4.21. The lowest BCUT2D eigenvalue weighted by molar-refractivity contribution is 0.163. The second-order valence-electron chi connectivity index (χ2n) is 4.62. The summed E-state index contributed by atoms with van der Waals surface area (Å²) in [7, 11) is 3.77. The molecule has 1 heterocycles. The molecule has 6 nitrogen and oxygen atoms in total. The molecule has 0 amide bonds. The van der Waals surface area contributed by atoms with E-state index < -0.39 is 0 Å². The summed E-state index contributed by atoms with van der Waals surface area (Å²) >= 11 is 1.33. The number of rotatable bonds is 9. The summed E-state index contributed by atoms with van der Waals surface area (Å²) in [4.78, 5) is 2.20. The Morgan fingerprint density at radius 3 is 2.79 bits per heavy atom. The molecule has 19 heavy (non-hydrogen) atoms. The van der Waals surface area contributed by atoms with Crippen molar-refractivity contribution in [1.29, 1.82) is 0 Å². The number of anilines is 2. The molecular formula is C12H24N4O2S. The molecule has 0 radical (unpaired) electrons. The number of hydrogen-bond acceptors (Lipinski definition) is 7. The highest BCUT2D eigenvalue weighted by Gasteiger charge is 2.14. The molecule has 0 spiro atoms. The summed E-state index contributed by atoms with van der Waals surface area (Å²) in [6.07, 6.45) is 0.0867. The predicted octanol–water partition coefficient (Wildman–Crippen LogP) is 1.50. The molecule has 7 heteroatoms. The van der Waals surface area contributed by atoms with Crippen LogP contribution in [0.15, 0.2) is 0 Å². The molecule has 3 N–H and O–H groups in total. The first-order valence-electron chi connectivity index (χ1n) is 6.37. The van der Waals surface area contributed by atoms with Gasteiger partial charge in [-0.15, -0.1) is 0 Å². The highest BCUT2D eigenvalue weighted by molar-refractivity contribution is 7.11. The van der Waals surface area contributed by atoms with Gasteiger partial charge in [-0.2, -0.15) is 4.37 Å². The van der Waals surface area contributed by atoms with Crippen LogP contribution in [0.2, 0.25) is 0 Å². The van der Waals surface area contributed by atoms with Crippen LogP contribution in [-0.2, 0) is 4.74 Å². The van der Waals surface area contributed by atoms with Crippen molar-refractivity contribution in [3.63, 3.8) is 0 Å². The molecule has 110 valence electrons. The largest absolute Gasteiger partial charge is 0.484 e. The topological polar surface area (TPSA) is 72.6 Å². The lowest BCUT2D eigenvalue weighted by Gasteiger charge is -2.17.